The maximum atomic E-state index is 10.8. The smallest absolute Gasteiger partial charge is 0.331 e. The minimum Gasteiger partial charge on any atom is -0.494 e. The van der Waals surface area contributed by atoms with Gasteiger partial charge in [-0.05, 0) is 25.5 Å². The maximum absolute atomic E-state index is 10.8. The van der Waals surface area contributed by atoms with E-state index in [1.807, 2.05) is 0 Å². The van der Waals surface area contributed by atoms with Crippen molar-refractivity contribution in [3.63, 3.8) is 0 Å². The van der Waals surface area contributed by atoms with Gasteiger partial charge in [-0.1, -0.05) is 0 Å². The molecule has 0 aliphatic heterocycles. The molecule has 5 heteroatoms. The van der Waals surface area contributed by atoms with Gasteiger partial charge in [-0.3, -0.25) is 4.79 Å². The summed E-state index contributed by atoms with van der Waals surface area (Å²) in [4.78, 5) is 21.5. The van der Waals surface area contributed by atoms with E-state index in [1.54, 1.807) is 6.92 Å². The van der Waals surface area contributed by atoms with Gasteiger partial charge in [0.25, 0.3) is 0 Å². The Kier molecular flexibility index (Phi) is 3.49. The van der Waals surface area contributed by atoms with Crippen LogP contribution in [0.25, 0.3) is 0 Å². The van der Waals surface area contributed by atoms with Crippen molar-refractivity contribution in [1.82, 2.24) is 0 Å². The third kappa shape index (κ3) is 2.83. The van der Waals surface area contributed by atoms with E-state index in [9.17, 15) is 9.59 Å². The topological polar surface area (TPSA) is 83.8 Å². The molecule has 0 aromatic rings. The molecule has 1 unspecified atom stereocenters. The summed E-state index contributed by atoms with van der Waals surface area (Å²) in [7, 11) is 0. The van der Waals surface area contributed by atoms with E-state index in [2.05, 4.69) is 0 Å². The average Bonchev–Trinajstić information content (AvgIpc) is 2.17. The Hall–Kier alpha value is -1.78. The molecule has 2 N–H and O–H groups in total. The molecule has 0 bridgehead atoms. The van der Waals surface area contributed by atoms with Crippen LogP contribution in [0.3, 0.4) is 0 Å². The highest BCUT2D eigenvalue weighted by Crippen LogP contribution is 2.23. The number of aliphatic carboxylic acids is 2. The third-order valence-corrected chi connectivity index (χ3v) is 2.02. The first-order chi connectivity index (χ1) is 7.04. The van der Waals surface area contributed by atoms with Crippen molar-refractivity contribution < 1.29 is 24.5 Å². The summed E-state index contributed by atoms with van der Waals surface area (Å²) in [6, 6.07) is 0. The van der Waals surface area contributed by atoms with Crippen molar-refractivity contribution in [2.24, 2.45) is 5.92 Å². The fourth-order valence-corrected chi connectivity index (χ4v) is 1.34. The number of carboxylic acids is 2. The quantitative estimate of drug-likeness (QED) is 0.726. The van der Waals surface area contributed by atoms with Crippen molar-refractivity contribution >= 4 is 11.9 Å². The molecule has 0 radical (unpaired) electrons. The minimum absolute atomic E-state index is 0.00123. The van der Waals surface area contributed by atoms with Crippen LogP contribution in [-0.4, -0.2) is 28.8 Å². The molecule has 15 heavy (non-hydrogen) atoms. The first kappa shape index (κ1) is 11.3. The van der Waals surface area contributed by atoms with Crippen LogP contribution in [0.2, 0.25) is 0 Å². The van der Waals surface area contributed by atoms with Gasteiger partial charge in [0.1, 0.15) is 5.76 Å². The van der Waals surface area contributed by atoms with E-state index in [0.717, 1.165) is 0 Å². The van der Waals surface area contributed by atoms with Crippen LogP contribution in [0, 0.1) is 5.92 Å². The zero-order valence-electron chi connectivity index (χ0n) is 8.27. The Morgan fingerprint density at radius 2 is 2.20 bits per heavy atom. The molecular formula is C10H12O5. The van der Waals surface area contributed by atoms with Gasteiger partial charge >= 0.3 is 11.9 Å². The molecule has 1 aliphatic carbocycles. The summed E-state index contributed by atoms with van der Waals surface area (Å²) in [5, 5.41) is 17.6. The Morgan fingerprint density at radius 3 is 2.67 bits per heavy atom. The van der Waals surface area contributed by atoms with Gasteiger partial charge in [-0.25, -0.2) is 4.79 Å². The van der Waals surface area contributed by atoms with Crippen molar-refractivity contribution in [1.29, 1.82) is 0 Å². The molecule has 82 valence electrons. The summed E-state index contributed by atoms with van der Waals surface area (Å²) in [5.41, 5.74) is 0.0633. The number of ether oxygens (including phenoxy) is 1. The molecule has 0 saturated heterocycles. The molecule has 0 fully saturated rings. The Balaban J connectivity index is 2.91. The van der Waals surface area contributed by atoms with Crippen molar-refractivity contribution in [2.45, 2.75) is 13.3 Å². The summed E-state index contributed by atoms with van der Waals surface area (Å²) < 4.78 is 5.10. The van der Waals surface area contributed by atoms with E-state index in [1.165, 1.54) is 12.2 Å². The number of hydrogen-bond donors (Lipinski definition) is 2. The fraction of sp³-hybridized carbons (Fsp3) is 0.400. The van der Waals surface area contributed by atoms with Gasteiger partial charge in [0.05, 0.1) is 12.5 Å². The first-order valence-corrected chi connectivity index (χ1v) is 4.56. The van der Waals surface area contributed by atoms with Gasteiger partial charge in [0.15, 0.2) is 0 Å². The lowest BCUT2D eigenvalue weighted by molar-refractivity contribution is -0.140. The second kappa shape index (κ2) is 4.63. The fourth-order valence-electron chi connectivity index (χ4n) is 1.34. The minimum atomic E-state index is -1.11. The molecule has 1 aliphatic rings. The highest BCUT2D eigenvalue weighted by molar-refractivity contribution is 5.89. The van der Waals surface area contributed by atoms with Gasteiger partial charge in [-0.15, -0.1) is 0 Å². The van der Waals surface area contributed by atoms with Crippen LogP contribution in [0.15, 0.2) is 23.5 Å². The summed E-state index contributed by atoms with van der Waals surface area (Å²) in [6.45, 7) is 2.13. The van der Waals surface area contributed by atoms with E-state index >= 15 is 0 Å². The molecule has 1 atom stereocenters. The van der Waals surface area contributed by atoms with E-state index < -0.39 is 17.9 Å². The zero-order valence-corrected chi connectivity index (χ0v) is 8.27. The molecule has 0 amide bonds. The SMILES string of the molecule is CCOC1=CC(C(=O)O)CC(C(=O)O)=C1. The summed E-state index contributed by atoms with van der Waals surface area (Å²) in [6.07, 6.45) is 2.80. The van der Waals surface area contributed by atoms with Crippen molar-refractivity contribution in [2.75, 3.05) is 6.61 Å². The molecule has 1 rings (SSSR count). The van der Waals surface area contributed by atoms with Gasteiger partial charge < -0.3 is 14.9 Å². The van der Waals surface area contributed by atoms with E-state index in [4.69, 9.17) is 14.9 Å². The largest absolute Gasteiger partial charge is 0.494 e. The van der Waals surface area contributed by atoms with Crippen LogP contribution in [0.1, 0.15) is 13.3 Å². The van der Waals surface area contributed by atoms with E-state index in [0.29, 0.717) is 12.4 Å². The number of carbonyl (C=O) groups is 2. The van der Waals surface area contributed by atoms with Gasteiger partial charge in [0, 0.05) is 5.57 Å². The second-order valence-electron chi connectivity index (χ2n) is 3.13. The summed E-state index contributed by atoms with van der Waals surface area (Å²) in [5.74, 6) is -2.65. The van der Waals surface area contributed by atoms with Crippen LogP contribution in [-0.2, 0) is 14.3 Å². The van der Waals surface area contributed by atoms with Gasteiger partial charge in [0.2, 0.25) is 0 Å². The standard InChI is InChI=1S/C10H12O5/c1-2-15-8-4-6(9(11)12)3-7(5-8)10(13)14/h4-6H,2-3H2,1H3,(H,11,12)(H,13,14). The summed E-state index contributed by atoms with van der Waals surface area (Å²) >= 11 is 0. The molecule has 0 aromatic heterocycles. The number of allylic oxidation sites excluding steroid dienone is 1. The lowest BCUT2D eigenvalue weighted by Crippen LogP contribution is -2.19. The molecule has 0 heterocycles. The molecule has 0 aromatic carbocycles. The highest BCUT2D eigenvalue weighted by Gasteiger charge is 2.25. The Bertz CT molecular complexity index is 340. The number of rotatable bonds is 4. The maximum Gasteiger partial charge on any atom is 0.331 e. The lowest BCUT2D eigenvalue weighted by Gasteiger charge is -2.16. The highest BCUT2D eigenvalue weighted by atomic mass is 16.5. The Labute approximate surface area is 86.7 Å². The van der Waals surface area contributed by atoms with Gasteiger partial charge in [-0.2, -0.15) is 0 Å². The number of carboxylic acid groups (broad SMARTS) is 2. The van der Waals surface area contributed by atoms with Crippen LogP contribution in [0.4, 0.5) is 0 Å². The lowest BCUT2D eigenvalue weighted by atomic mass is 9.93. The predicted octanol–water partition coefficient (Wildman–Crippen LogP) is 1.02. The Morgan fingerprint density at radius 1 is 1.53 bits per heavy atom. The first-order valence-electron chi connectivity index (χ1n) is 4.56. The monoisotopic (exact) mass is 212 g/mol. The molecule has 0 spiro atoms. The van der Waals surface area contributed by atoms with E-state index in [-0.39, 0.29) is 12.0 Å². The molecular weight excluding hydrogens is 200 g/mol. The average molecular weight is 212 g/mol. The zero-order chi connectivity index (χ0) is 11.4. The van der Waals surface area contributed by atoms with Crippen molar-refractivity contribution in [3.8, 4) is 0 Å². The van der Waals surface area contributed by atoms with Crippen LogP contribution < -0.4 is 0 Å². The second-order valence-corrected chi connectivity index (χ2v) is 3.13. The normalized spacial score (nSPS) is 20.2. The molecule has 5 nitrogen and oxygen atoms in total. The number of hydrogen-bond acceptors (Lipinski definition) is 3. The molecule has 0 saturated carbocycles. The van der Waals surface area contributed by atoms with Crippen LogP contribution >= 0.6 is 0 Å². The van der Waals surface area contributed by atoms with Crippen molar-refractivity contribution in [3.05, 3.63) is 23.5 Å². The predicted molar refractivity (Wildman–Crippen MR) is 51.2 cm³/mol. The van der Waals surface area contributed by atoms with Crippen LogP contribution in [0.5, 0.6) is 0 Å². The third-order valence-electron chi connectivity index (χ3n) is 2.02.